The third-order valence-corrected chi connectivity index (χ3v) is 3.60. The number of pyridine rings is 1. The maximum Gasteiger partial charge on any atom is 0.169 e. The van der Waals surface area contributed by atoms with Gasteiger partial charge < -0.3 is 10.2 Å². The van der Waals surface area contributed by atoms with Gasteiger partial charge in [-0.3, -0.25) is 0 Å². The Balaban J connectivity index is 2.13. The summed E-state index contributed by atoms with van der Waals surface area (Å²) in [6, 6.07) is 7.53. The average Bonchev–Trinajstić information content (AvgIpc) is 2.54. The van der Waals surface area contributed by atoms with E-state index in [1.54, 1.807) is 12.3 Å². The van der Waals surface area contributed by atoms with Crippen molar-refractivity contribution in [3.05, 3.63) is 40.4 Å². The molecule has 0 saturated carbocycles. The number of nitriles is 2. The molecule has 1 aromatic rings. The third-order valence-electron chi connectivity index (χ3n) is 3.38. The second kappa shape index (κ2) is 7.52. The van der Waals surface area contributed by atoms with Crippen molar-refractivity contribution >= 4 is 11.6 Å². The van der Waals surface area contributed by atoms with Crippen molar-refractivity contribution in [1.82, 2.24) is 15.2 Å². The highest BCUT2D eigenvalue weighted by molar-refractivity contribution is 6.29. The largest absolute Gasteiger partial charge is 0.366 e. The highest BCUT2D eigenvalue weighted by Crippen LogP contribution is 2.16. The zero-order valence-electron chi connectivity index (χ0n) is 11.6. The van der Waals surface area contributed by atoms with E-state index >= 15 is 0 Å². The van der Waals surface area contributed by atoms with Gasteiger partial charge in [0.25, 0.3) is 0 Å². The molecule has 2 heterocycles. The van der Waals surface area contributed by atoms with E-state index in [1.165, 1.54) is 6.42 Å². The lowest BCUT2D eigenvalue weighted by Gasteiger charge is -2.31. The standard InChI is InChI=1S/C15H16ClN5/c16-14-5-4-12(10-19-14)11-20-15(13(8-17)9-18)21-6-2-1-3-7-21/h4-5,10,20H,1-3,6-7,11H2. The summed E-state index contributed by atoms with van der Waals surface area (Å²) in [7, 11) is 0. The number of hydrogen-bond donors (Lipinski definition) is 1. The van der Waals surface area contributed by atoms with Crippen molar-refractivity contribution in [2.75, 3.05) is 13.1 Å². The summed E-state index contributed by atoms with van der Waals surface area (Å²) < 4.78 is 0. The Hall–Kier alpha value is -2.24. The lowest BCUT2D eigenvalue weighted by atomic mass is 10.1. The average molecular weight is 302 g/mol. The van der Waals surface area contributed by atoms with Gasteiger partial charge in [-0.05, 0) is 30.9 Å². The van der Waals surface area contributed by atoms with Crippen LogP contribution >= 0.6 is 11.6 Å². The van der Waals surface area contributed by atoms with E-state index < -0.39 is 0 Å². The molecule has 1 saturated heterocycles. The van der Waals surface area contributed by atoms with Crippen molar-refractivity contribution < 1.29 is 0 Å². The first-order valence-corrected chi connectivity index (χ1v) is 7.26. The Morgan fingerprint density at radius 3 is 2.52 bits per heavy atom. The Morgan fingerprint density at radius 1 is 1.24 bits per heavy atom. The molecule has 2 rings (SSSR count). The molecule has 5 nitrogen and oxygen atoms in total. The minimum atomic E-state index is 0.124. The first kappa shape index (κ1) is 15.2. The monoisotopic (exact) mass is 301 g/mol. The van der Waals surface area contributed by atoms with Gasteiger partial charge in [0.05, 0.1) is 0 Å². The molecule has 0 spiro atoms. The summed E-state index contributed by atoms with van der Waals surface area (Å²) in [6.07, 6.45) is 5.04. The Morgan fingerprint density at radius 2 is 1.95 bits per heavy atom. The number of aromatic nitrogens is 1. The van der Waals surface area contributed by atoms with Gasteiger partial charge >= 0.3 is 0 Å². The number of hydrogen-bond acceptors (Lipinski definition) is 5. The van der Waals surface area contributed by atoms with E-state index in [-0.39, 0.29) is 5.57 Å². The molecule has 0 atom stereocenters. The van der Waals surface area contributed by atoms with E-state index in [0.717, 1.165) is 31.5 Å². The zero-order chi connectivity index (χ0) is 15.1. The Bertz CT molecular complexity index is 572. The molecular weight excluding hydrogens is 286 g/mol. The molecule has 108 valence electrons. The number of rotatable bonds is 4. The van der Waals surface area contributed by atoms with E-state index in [2.05, 4.69) is 15.2 Å². The molecule has 1 aliphatic heterocycles. The lowest BCUT2D eigenvalue weighted by molar-refractivity contribution is 0.265. The lowest BCUT2D eigenvalue weighted by Crippen LogP contribution is -2.36. The zero-order valence-corrected chi connectivity index (χ0v) is 12.4. The first-order valence-electron chi connectivity index (χ1n) is 6.88. The fourth-order valence-corrected chi connectivity index (χ4v) is 2.42. The normalized spacial score (nSPS) is 14.0. The molecular formula is C15H16ClN5. The minimum absolute atomic E-state index is 0.124. The van der Waals surface area contributed by atoms with Gasteiger partial charge in [-0.1, -0.05) is 17.7 Å². The Labute approximate surface area is 129 Å². The van der Waals surface area contributed by atoms with Crippen molar-refractivity contribution in [3.63, 3.8) is 0 Å². The smallest absolute Gasteiger partial charge is 0.169 e. The van der Waals surface area contributed by atoms with Crippen LogP contribution < -0.4 is 5.32 Å². The molecule has 0 aromatic carbocycles. The molecule has 0 bridgehead atoms. The third kappa shape index (κ3) is 4.11. The molecule has 1 N–H and O–H groups in total. The van der Waals surface area contributed by atoms with Gasteiger partial charge in [0.15, 0.2) is 5.57 Å². The highest BCUT2D eigenvalue weighted by Gasteiger charge is 2.17. The van der Waals surface area contributed by atoms with Crippen LogP contribution in [-0.2, 0) is 6.54 Å². The quantitative estimate of drug-likeness (QED) is 0.683. The van der Waals surface area contributed by atoms with Gasteiger partial charge in [0.1, 0.15) is 23.1 Å². The fourth-order valence-electron chi connectivity index (χ4n) is 2.30. The molecule has 6 heteroatoms. The van der Waals surface area contributed by atoms with E-state index in [1.807, 2.05) is 18.2 Å². The second-order valence-electron chi connectivity index (χ2n) is 4.84. The summed E-state index contributed by atoms with van der Waals surface area (Å²) in [4.78, 5) is 6.10. The molecule has 0 radical (unpaired) electrons. The number of likely N-dealkylation sites (tertiary alicyclic amines) is 1. The van der Waals surface area contributed by atoms with Crippen LogP contribution in [0.1, 0.15) is 24.8 Å². The summed E-state index contributed by atoms with van der Waals surface area (Å²) in [5.41, 5.74) is 1.07. The van der Waals surface area contributed by atoms with Crippen LogP contribution in [-0.4, -0.2) is 23.0 Å². The van der Waals surface area contributed by atoms with Crippen LogP contribution in [0.5, 0.6) is 0 Å². The number of allylic oxidation sites excluding steroid dienone is 1. The maximum absolute atomic E-state index is 9.13. The van der Waals surface area contributed by atoms with Crippen LogP contribution in [0.15, 0.2) is 29.7 Å². The molecule has 0 amide bonds. The Kier molecular flexibility index (Phi) is 5.43. The van der Waals surface area contributed by atoms with Crippen molar-refractivity contribution in [2.24, 2.45) is 0 Å². The van der Waals surface area contributed by atoms with E-state index in [0.29, 0.717) is 17.5 Å². The number of piperidine rings is 1. The highest BCUT2D eigenvalue weighted by atomic mass is 35.5. The number of nitrogens with zero attached hydrogens (tertiary/aromatic N) is 4. The molecule has 1 fully saturated rings. The first-order chi connectivity index (χ1) is 10.2. The number of nitrogens with one attached hydrogen (secondary N) is 1. The van der Waals surface area contributed by atoms with E-state index in [9.17, 15) is 0 Å². The number of halogens is 1. The van der Waals surface area contributed by atoms with Crippen molar-refractivity contribution in [2.45, 2.75) is 25.8 Å². The second-order valence-corrected chi connectivity index (χ2v) is 5.22. The summed E-state index contributed by atoms with van der Waals surface area (Å²) in [5.74, 6) is 0.620. The molecule has 1 aromatic heterocycles. The van der Waals surface area contributed by atoms with Crippen LogP contribution in [0, 0.1) is 22.7 Å². The summed E-state index contributed by atoms with van der Waals surface area (Å²) >= 11 is 5.76. The van der Waals surface area contributed by atoms with E-state index in [4.69, 9.17) is 22.1 Å². The molecule has 1 aliphatic rings. The van der Waals surface area contributed by atoms with Gasteiger partial charge in [-0.15, -0.1) is 0 Å². The van der Waals surface area contributed by atoms with Crippen LogP contribution in [0.3, 0.4) is 0 Å². The van der Waals surface area contributed by atoms with Crippen molar-refractivity contribution in [1.29, 1.82) is 10.5 Å². The van der Waals surface area contributed by atoms with Gasteiger partial charge in [0.2, 0.25) is 0 Å². The topological polar surface area (TPSA) is 75.7 Å². The van der Waals surface area contributed by atoms with Crippen LogP contribution in [0.2, 0.25) is 5.15 Å². The van der Waals surface area contributed by atoms with Gasteiger partial charge in [-0.25, -0.2) is 4.98 Å². The molecule has 0 aliphatic carbocycles. The van der Waals surface area contributed by atoms with Gasteiger partial charge in [-0.2, -0.15) is 10.5 Å². The SMILES string of the molecule is N#CC(C#N)=C(NCc1ccc(Cl)nc1)N1CCCCC1. The van der Waals surface area contributed by atoms with Crippen LogP contribution in [0.4, 0.5) is 0 Å². The molecule has 0 unspecified atom stereocenters. The van der Waals surface area contributed by atoms with Gasteiger partial charge in [0, 0.05) is 25.8 Å². The minimum Gasteiger partial charge on any atom is -0.366 e. The molecule has 21 heavy (non-hydrogen) atoms. The predicted octanol–water partition coefficient (Wildman–Crippen LogP) is 2.57. The fraction of sp³-hybridized carbons (Fsp3) is 0.400. The maximum atomic E-state index is 9.13. The summed E-state index contributed by atoms with van der Waals surface area (Å²) in [6.45, 7) is 2.24. The summed E-state index contributed by atoms with van der Waals surface area (Å²) in [5, 5.41) is 21.9. The van der Waals surface area contributed by atoms with Crippen LogP contribution in [0.25, 0.3) is 0 Å². The predicted molar refractivity (Wildman–Crippen MR) is 79.8 cm³/mol. The van der Waals surface area contributed by atoms with Crippen molar-refractivity contribution in [3.8, 4) is 12.1 Å².